The van der Waals surface area contributed by atoms with Gasteiger partial charge in [0.15, 0.2) is 5.11 Å². The Morgan fingerprint density at radius 2 is 1.82 bits per heavy atom. The Hall–Kier alpha value is -3.04. The smallest absolute Gasteiger partial charge is 0.269 e. The minimum Gasteiger partial charge on any atom is -0.326 e. The van der Waals surface area contributed by atoms with Gasteiger partial charge in [-0.25, -0.2) is 0 Å². The molecule has 7 nitrogen and oxygen atoms in total. The largest absolute Gasteiger partial charge is 0.326 e. The molecule has 0 unspecified atom stereocenters. The molecule has 0 atom stereocenters. The number of rotatable bonds is 5. The van der Waals surface area contributed by atoms with Crippen LogP contribution in [0.25, 0.3) is 6.08 Å². The van der Waals surface area contributed by atoms with Gasteiger partial charge >= 0.3 is 0 Å². The van der Waals surface area contributed by atoms with Gasteiger partial charge < -0.3 is 5.32 Å². The first-order chi connectivity index (χ1) is 13.5. The second-order valence-electron chi connectivity index (χ2n) is 6.09. The number of carbonyl (C=O) groups is 3. The van der Waals surface area contributed by atoms with Crippen LogP contribution in [0.1, 0.15) is 28.1 Å². The molecule has 144 valence electrons. The number of amides is 3. The van der Waals surface area contributed by atoms with Crippen molar-refractivity contribution in [2.24, 2.45) is 5.92 Å². The van der Waals surface area contributed by atoms with Gasteiger partial charge in [-0.15, -0.1) is 11.3 Å². The SMILES string of the molecule is O=C(/C=C/c1cccs1)NC(=S)NNC(=O)c1ccc(NC(=O)C2CC2)cc1. The average molecular weight is 415 g/mol. The van der Waals surface area contributed by atoms with Crippen LogP contribution in [0.5, 0.6) is 0 Å². The van der Waals surface area contributed by atoms with Crippen molar-refractivity contribution in [1.29, 1.82) is 0 Å². The van der Waals surface area contributed by atoms with Crippen molar-refractivity contribution in [3.63, 3.8) is 0 Å². The predicted molar refractivity (Wildman–Crippen MR) is 112 cm³/mol. The maximum absolute atomic E-state index is 12.1. The molecule has 1 fully saturated rings. The third-order valence-corrected chi connectivity index (χ3v) is 4.87. The average Bonchev–Trinajstić information content (AvgIpc) is 3.41. The topological polar surface area (TPSA) is 99.3 Å². The first-order valence-electron chi connectivity index (χ1n) is 8.55. The van der Waals surface area contributed by atoms with E-state index in [1.54, 1.807) is 30.3 Å². The normalized spacial score (nSPS) is 13.0. The molecule has 28 heavy (non-hydrogen) atoms. The fraction of sp³-hybridized carbons (Fsp3) is 0.158. The molecule has 0 saturated heterocycles. The Morgan fingerprint density at radius 3 is 2.46 bits per heavy atom. The second kappa shape index (κ2) is 9.25. The maximum Gasteiger partial charge on any atom is 0.269 e. The van der Waals surface area contributed by atoms with Gasteiger partial charge in [0.25, 0.3) is 5.91 Å². The highest BCUT2D eigenvalue weighted by Crippen LogP contribution is 2.30. The highest BCUT2D eigenvalue weighted by atomic mass is 32.1. The van der Waals surface area contributed by atoms with E-state index in [-0.39, 0.29) is 16.9 Å². The number of benzene rings is 1. The van der Waals surface area contributed by atoms with E-state index in [0.717, 1.165) is 17.7 Å². The van der Waals surface area contributed by atoms with Crippen molar-refractivity contribution in [1.82, 2.24) is 16.2 Å². The molecule has 3 rings (SSSR count). The standard InChI is InChI=1S/C19H18N4O3S2/c24-16(10-9-15-2-1-11-28-15)21-19(27)23-22-18(26)13-5-7-14(8-6-13)20-17(25)12-3-4-12/h1-2,5-12H,3-4H2,(H,20,25)(H,22,26)(H2,21,23,24,27)/b10-9+. The molecule has 1 aromatic carbocycles. The predicted octanol–water partition coefficient (Wildman–Crippen LogP) is 2.45. The van der Waals surface area contributed by atoms with Crippen molar-refractivity contribution >= 4 is 58.2 Å². The molecular formula is C19H18N4O3S2. The number of hydrazine groups is 1. The van der Waals surface area contributed by atoms with Crippen molar-refractivity contribution < 1.29 is 14.4 Å². The molecule has 0 aliphatic heterocycles. The number of nitrogens with one attached hydrogen (secondary N) is 4. The van der Waals surface area contributed by atoms with Crippen molar-refractivity contribution in [2.45, 2.75) is 12.8 Å². The van der Waals surface area contributed by atoms with Crippen LogP contribution in [-0.4, -0.2) is 22.8 Å². The number of thiocarbonyl (C=S) groups is 1. The first kappa shape index (κ1) is 19.7. The van der Waals surface area contributed by atoms with Crippen LogP contribution < -0.4 is 21.5 Å². The zero-order valence-corrected chi connectivity index (χ0v) is 16.4. The molecule has 4 N–H and O–H groups in total. The van der Waals surface area contributed by atoms with E-state index in [9.17, 15) is 14.4 Å². The molecule has 0 radical (unpaired) electrons. The summed E-state index contributed by atoms with van der Waals surface area (Å²) in [6.07, 6.45) is 4.89. The third kappa shape index (κ3) is 6.00. The van der Waals surface area contributed by atoms with Crippen LogP contribution >= 0.6 is 23.6 Å². The van der Waals surface area contributed by atoms with Gasteiger partial charge in [0.2, 0.25) is 11.8 Å². The third-order valence-electron chi connectivity index (χ3n) is 3.83. The molecule has 1 heterocycles. The molecular weight excluding hydrogens is 396 g/mol. The van der Waals surface area contributed by atoms with E-state index in [0.29, 0.717) is 11.3 Å². The Labute approximate surface area is 171 Å². The molecule has 0 spiro atoms. The summed E-state index contributed by atoms with van der Waals surface area (Å²) < 4.78 is 0. The molecule has 1 saturated carbocycles. The molecule has 3 amide bonds. The summed E-state index contributed by atoms with van der Waals surface area (Å²) in [7, 11) is 0. The Balaban J connectivity index is 1.42. The zero-order chi connectivity index (χ0) is 19.9. The zero-order valence-electron chi connectivity index (χ0n) is 14.7. The Bertz CT molecular complexity index is 904. The van der Waals surface area contributed by atoms with Gasteiger partial charge in [-0.3, -0.25) is 30.6 Å². The van der Waals surface area contributed by atoms with Gasteiger partial charge in [0.1, 0.15) is 0 Å². The lowest BCUT2D eigenvalue weighted by molar-refractivity contribution is -0.117. The van der Waals surface area contributed by atoms with Crippen LogP contribution in [0.15, 0.2) is 47.9 Å². The number of thiophene rings is 1. The van der Waals surface area contributed by atoms with Crippen LogP contribution in [0, 0.1) is 5.92 Å². The summed E-state index contributed by atoms with van der Waals surface area (Å²) in [6, 6.07) is 10.3. The lowest BCUT2D eigenvalue weighted by atomic mass is 10.2. The van der Waals surface area contributed by atoms with Crippen LogP contribution in [0.4, 0.5) is 5.69 Å². The number of anilines is 1. The molecule has 2 aromatic rings. The summed E-state index contributed by atoms with van der Waals surface area (Å²) in [5, 5.41) is 7.12. The van der Waals surface area contributed by atoms with Gasteiger partial charge in [0, 0.05) is 28.1 Å². The van der Waals surface area contributed by atoms with Gasteiger partial charge in [-0.05, 0) is 66.8 Å². The lowest BCUT2D eigenvalue weighted by Gasteiger charge is -2.10. The minimum atomic E-state index is -0.425. The van der Waals surface area contributed by atoms with E-state index in [1.165, 1.54) is 17.4 Å². The van der Waals surface area contributed by atoms with Crippen molar-refractivity contribution in [3.8, 4) is 0 Å². The summed E-state index contributed by atoms with van der Waals surface area (Å²) in [6.45, 7) is 0. The Kier molecular flexibility index (Phi) is 6.51. The van der Waals surface area contributed by atoms with E-state index < -0.39 is 11.8 Å². The van der Waals surface area contributed by atoms with E-state index in [1.807, 2.05) is 17.5 Å². The summed E-state index contributed by atoms with van der Waals surface area (Å²) in [4.78, 5) is 36.6. The summed E-state index contributed by atoms with van der Waals surface area (Å²) in [5.74, 6) is -0.710. The van der Waals surface area contributed by atoms with Gasteiger partial charge in [-0.1, -0.05) is 6.07 Å². The minimum absolute atomic E-state index is 0.00749. The summed E-state index contributed by atoms with van der Waals surface area (Å²) >= 11 is 6.48. The number of hydrogen-bond donors (Lipinski definition) is 4. The summed E-state index contributed by atoms with van der Waals surface area (Å²) in [5.41, 5.74) is 5.90. The fourth-order valence-corrected chi connectivity index (χ4v) is 2.98. The van der Waals surface area contributed by atoms with Crippen molar-refractivity contribution in [2.75, 3.05) is 5.32 Å². The number of hydrogen-bond acceptors (Lipinski definition) is 5. The van der Waals surface area contributed by atoms with Gasteiger partial charge in [-0.2, -0.15) is 0 Å². The second-order valence-corrected chi connectivity index (χ2v) is 7.47. The van der Waals surface area contributed by atoms with Crippen LogP contribution in [0.3, 0.4) is 0 Å². The Morgan fingerprint density at radius 1 is 1.07 bits per heavy atom. The van der Waals surface area contributed by atoms with Crippen molar-refractivity contribution in [3.05, 3.63) is 58.3 Å². The molecule has 1 aliphatic carbocycles. The fourth-order valence-electron chi connectivity index (χ4n) is 2.21. The quantitative estimate of drug-likeness (QED) is 0.342. The van der Waals surface area contributed by atoms with Crippen LogP contribution in [0.2, 0.25) is 0 Å². The molecule has 9 heteroatoms. The van der Waals surface area contributed by atoms with Gasteiger partial charge in [0.05, 0.1) is 0 Å². The highest BCUT2D eigenvalue weighted by Gasteiger charge is 2.29. The highest BCUT2D eigenvalue weighted by molar-refractivity contribution is 7.80. The van der Waals surface area contributed by atoms with E-state index in [2.05, 4.69) is 21.5 Å². The monoisotopic (exact) mass is 414 g/mol. The van der Waals surface area contributed by atoms with E-state index >= 15 is 0 Å². The maximum atomic E-state index is 12.1. The molecule has 1 aliphatic rings. The van der Waals surface area contributed by atoms with E-state index in [4.69, 9.17) is 12.2 Å². The number of carbonyl (C=O) groups excluding carboxylic acids is 3. The molecule has 1 aromatic heterocycles. The van der Waals surface area contributed by atoms with Crippen LogP contribution in [-0.2, 0) is 9.59 Å². The molecule has 0 bridgehead atoms. The first-order valence-corrected chi connectivity index (χ1v) is 9.84. The lowest BCUT2D eigenvalue weighted by Crippen LogP contribution is -2.48.